The molecule has 0 aliphatic carbocycles. The highest BCUT2D eigenvalue weighted by Crippen LogP contribution is 2.10. The van der Waals surface area contributed by atoms with Crippen LogP contribution in [0.3, 0.4) is 0 Å². The molecule has 0 fully saturated rings. The average Bonchev–Trinajstić information content (AvgIpc) is 2.43. The van der Waals surface area contributed by atoms with E-state index in [2.05, 4.69) is 6.92 Å². The molecule has 114 valence electrons. The van der Waals surface area contributed by atoms with Crippen LogP contribution in [0.2, 0.25) is 0 Å². The number of rotatable bonds is 13. The Balaban J connectivity index is 3.24. The Morgan fingerprint density at radius 3 is 1.89 bits per heavy atom. The third-order valence-corrected chi connectivity index (χ3v) is 3.39. The molecular formula is C16H32O3. The topological polar surface area (TPSA) is 60.7 Å². The van der Waals surface area contributed by atoms with E-state index in [1.165, 1.54) is 51.4 Å². The molecule has 0 aromatic carbocycles. The van der Waals surface area contributed by atoms with Gasteiger partial charge >= 0.3 is 0 Å². The second kappa shape index (κ2) is 14.0. The first-order valence-corrected chi connectivity index (χ1v) is 7.86. The number of aliphatic hydroxyl groups excluding tert-OH is 3. The lowest BCUT2D eigenvalue weighted by Crippen LogP contribution is -2.27. The molecule has 0 aromatic heterocycles. The molecule has 0 amide bonds. The zero-order valence-corrected chi connectivity index (χ0v) is 12.4. The van der Waals surface area contributed by atoms with E-state index < -0.39 is 18.8 Å². The van der Waals surface area contributed by atoms with E-state index in [-0.39, 0.29) is 0 Å². The Bertz CT molecular complexity index is 204. The van der Waals surface area contributed by atoms with Crippen molar-refractivity contribution < 1.29 is 15.3 Å². The van der Waals surface area contributed by atoms with Crippen molar-refractivity contribution in [2.24, 2.45) is 0 Å². The van der Waals surface area contributed by atoms with Crippen molar-refractivity contribution in [1.82, 2.24) is 0 Å². The molecule has 0 aliphatic rings. The summed E-state index contributed by atoms with van der Waals surface area (Å²) in [7, 11) is 0. The van der Waals surface area contributed by atoms with Gasteiger partial charge in [0, 0.05) is 0 Å². The van der Waals surface area contributed by atoms with Gasteiger partial charge in [-0.2, -0.15) is 0 Å². The smallest absolute Gasteiger partial charge is 0.106 e. The number of unbranched alkanes of at least 4 members (excludes halogenated alkanes) is 9. The van der Waals surface area contributed by atoms with Crippen LogP contribution in [0.4, 0.5) is 0 Å². The highest BCUT2D eigenvalue weighted by Gasteiger charge is 2.10. The molecule has 2 unspecified atom stereocenters. The van der Waals surface area contributed by atoms with Crippen LogP contribution in [0.25, 0.3) is 0 Å². The zero-order chi connectivity index (χ0) is 14.3. The van der Waals surface area contributed by atoms with Gasteiger partial charge in [0.1, 0.15) is 12.2 Å². The van der Waals surface area contributed by atoms with Crippen molar-refractivity contribution in [2.75, 3.05) is 6.61 Å². The van der Waals surface area contributed by atoms with Crippen LogP contribution >= 0.6 is 0 Å². The average molecular weight is 272 g/mol. The summed E-state index contributed by atoms with van der Waals surface area (Å²) in [4.78, 5) is 0. The van der Waals surface area contributed by atoms with Gasteiger partial charge in [0.05, 0.1) is 6.61 Å². The summed E-state index contributed by atoms with van der Waals surface area (Å²) >= 11 is 0. The number of hydrogen-bond donors (Lipinski definition) is 3. The van der Waals surface area contributed by atoms with Gasteiger partial charge in [-0.25, -0.2) is 0 Å². The van der Waals surface area contributed by atoms with Gasteiger partial charge in [-0.15, -0.1) is 0 Å². The van der Waals surface area contributed by atoms with Crippen LogP contribution in [0.15, 0.2) is 12.2 Å². The fourth-order valence-electron chi connectivity index (χ4n) is 2.04. The van der Waals surface area contributed by atoms with Crippen molar-refractivity contribution >= 4 is 0 Å². The standard InChI is InChI=1S/C16H32O3/c1-2-3-4-5-6-7-8-9-10-11-12-13-15(18)16(19)14-17/h12-13,15-19H,2-11,14H2,1H3. The first-order valence-electron chi connectivity index (χ1n) is 7.86. The quantitative estimate of drug-likeness (QED) is 0.356. The minimum absolute atomic E-state index is 0.399. The minimum Gasteiger partial charge on any atom is -0.394 e. The molecule has 3 N–H and O–H groups in total. The van der Waals surface area contributed by atoms with E-state index in [4.69, 9.17) is 10.2 Å². The zero-order valence-electron chi connectivity index (χ0n) is 12.4. The van der Waals surface area contributed by atoms with E-state index in [0.29, 0.717) is 0 Å². The van der Waals surface area contributed by atoms with Gasteiger partial charge in [0.15, 0.2) is 0 Å². The van der Waals surface area contributed by atoms with E-state index >= 15 is 0 Å². The van der Waals surface area contributed by atoms with Crippen molar-refractivity contribution in [3.63, 3.8) is 0 Å². The van der Waals surface area contributed by atoms with E-state index in [1.54, 1.807) is 6.08 Å². The first kappa shape index (κ1) is 18.6. The maximum atomic E-state index is 9.36. The van der Waals surface area contributed by atoms with Crippen LogP contribution in [0.1, 0.15) is 71.1 Å². The van der Waals surface area contributed by atoms with Crippen LogP contribution < -0.4 is 0 Å². The molecule has 0 saturated carbocycles. The summed E-state index contributed by atoms with van der Waals surface area (Å²) in [5, 5.41) is 27.1. The van der Waals surface area contributed by atoms with Gasteiger partial charge in [-0.1, -0.05) is 70.4 Å². The molecule has 3 heteroatoms. The van der Waals surface area contributed by atoms with Gasteiger partial charge in [0.25, 0.3) is 0 Å². The lowest BCUT2D eigenvalue weighted by Gasteiger charge is -2.10. The fourth-order valence-corrected chi connectivity index (χ4v) is 2.04. The monoisotopic (exact) mass is 272 g/mol. The highest BCUT2D eigenvalue weighted by molar-refractivity contribution is 4.91. The minimum atomic E-state index is -1.06. The first-order chi connectivity index (χ1) is 9.22. The van der Waals surface area contributed by atoms with Crippen LogP contribution in [0.5, 0.6) is 0 Å². The molecule has 0 spiro atoms. The lowest BCUT2D eigenvalue weighted by atomic mass is 10.1. The molecule has 0 bridgehead atoms. The summed E-state index contributed by atoms with van der Waals surface area (Å²) in [6.07, 6.45) is 14.2. The Morgan fingerprint density at radius 2 is 1.37 bits per heavy atom. The van der Waals surface area contributed by atoms with Crippen molar-refractivity contribution in [1.29, 1.82) is 0 Å². The summed E-state index contributed by atoms with van der Waals surface area (Å²) in [6.45, 7) is 1.84. The number of aliphatic hydroxyl groups is 3. The molecule has 2 atom stereocenters. The lowest BCUT2D eigenvalue weighted by molar-refractivity contribution is 0.00937. The van der Waals surface area contributed by atoms with Gasteiger partial charge in [0.2, 0.25) is 0 Å². The normalized spacial score (nSPS) is 14.9. The molecule has 0 rings (SSSR count). The summed E-state index contributed by atoms with van der Waals surface area (Å²) in [6, 6.07) is 0. The van der Waals surface area contributed by atoms with Crippen LogP contribution in [0, 0.1) is 0 Å². The molecular weight excluding hydrogens is 240 g/mol. The predicted octanol–water partition coefficient (Wildman–Crippen LogP) is 3.18. The summed E-state index contributed by atoms with van der Waals surface area (Å²) in [5.41, 5.74) is 0. The Kier molecular flexibility index (Phi) is 13.8. The molecule has 0 aliphatic heterocycles. The Hall–Kier alpha value is -0.380. The third-order valence-electron chi connectivity index (χ3n) is 3.39. The van der Waals surface area contributed by atoms with Crippen molar-refractivity contribution in [3.8, 4) is 0 Å². The van der Waals surface area contributed by atoms with Gasteiger partial charge in [-0.3, -0.25) is 0 Å². The summed E-state index contributed by atoms with van der Waals surface area (Å²) in [5.74, 6) is 0. The molecule has 0 radical (unpaired) electrons. The largest absolute Gasteiger partial charge is 0.394 e. The SMILES string of the molecule is CCCCCCCCCCCC=CC(O)C(O)CO. The Morgan fingerprint density at radius 1 is 0.842 bits per heavy atom. The van der Waals surface area contributed by atoms with Crippen LogP contribution in [-0.2, 0) is 0 Å². The number of allylic oxidation sites excluding steroid dienone is 1. The molecule has 3 nitrogen and oxygen atoms in total. The molecule has 19 heavy (non-hydrogen) atoms. The second-order valence-corrected chi connectivity index (χ2v) is 5.29. The van der Waals surface area contributed by atoms with E-state index in [9.17, 15) is 5.11 Å². The van der Waals surface area contributed by atoms with E-state index in [1.807, 2.05) is 6.08 Å². The second-order valence-electron chi connectivity index (χ2n) is 5.29. The Labute approximate surface area is 118 Å². The predicted molar refractivity (Wildman–Crippen MR) is 80.1 cm³/mol. The maximum absolute atomic E-state index is 9.36. The van der Waals surface area contributed by atoms with E-state index in [0.717, 1.165) is 12.8 Å². The van der Waals surface area contributed by atoms with Crippen LogP contribution in [-0.4, -0.2) is 34.1 Å². The maximum Gasteiger partial charge on any atom is 0.106 e. The van der Waals surface area contributed by atoms with Crippen molar-refractivity contribution in [2.45, 2.75) is 83.3 Å². The number of hydrogen-bond acceptors (Lipinski definition) is 3. The van der Waals surface area contributed by atoms with Gasteiger partial charge in [-0.05, 0) is 12.8 Å². The molecule has 0 saturated heterocycles. The van der Waals surface area contributed by atoms with Crippen molar-refractivity contribution in [3.05, 3.63) is 12.2 Å². The van der Waals surface area contributed by atoms with Gasteiger partial charge < -0.3 is 15.3 Å². The third kappa shape index (κ3) is 12.4. The highest BCUT2D eigenvalue weighted by atomic mass is 16.4. The molecule has 0 aromatic rings. The molecule has 0 heterocycles. The summed E-state index contributed by atoms with van der Waals surface area (Å²) < 4.78 is 0. The fraction of sp³-hybridized carbons (Fsp3) is 0.875.